The van der Waals surface area contributed by atoms with Crippen LogP contribution in [0.3, 0.4) is 0 Å². The lowest BCUT2D eigenvalue weighted by molar-refractivity contribution is 0.0156. The van der Waals surface area contributed by atoms with E-state index in [9.17, 15) is 9.59 Å². The molecule has 2 aromatic rings. The van der Waals surface area contributed by atoms with Crippen molar-refractivity contribution in [3.05, 3.63) is 42.1 Å². The van der Waals surface area contributed by atoms with E-state index < -0.39 is 5.60 Å². The predicted octanol–water partition coefficient (Wildman–Crippen LogP) is 4.78. The molecule has 2 amide bonds. The van der Waals surface area contributed by atoms with Gasteiger partial charge in [0.15, 0.2) is 0 Å². The van der Waals surface area contributed by atoms with E-state index in [4.69, 9.17) is 4.74 Å². The van der Waals surface area contributed by atoms with Gasteiger partial charge in [0.2, 0.25) is 0 Å². The van der Waals surface area contributed by atoms with Crippen molar-refractivity contribution in [1.82, 2.24) is 14.4 Å². The number of nitrogens with zero attached hydrogens (tertiary/aromatic N) is 3. The number of aromatic nitrogens is 1. The number of benzene rings is 1. The van der Waals surface area contributed by atoms with Gasteiger partial charge in [-0.25, -0.2) is 4.79 Å². The Kier molecular flexibility index (Phi) is 6.25. The summed E-state index contributed by atoms with van der Waals surface area (Å²) in [6.07, 6.45) is 4.96. The Morgan fingerprint density at radius 1 is 1.27 bits per heavy atom. The molecule has 0 aliphatic carbocycles. The Labute approximate surface area is 179 Å². The Balaban J connectivity index is 1.71. The third-order valence-electron chi connectivity index (χ3n) is 5.69. The monoisotopic (exact) mass is 411 g/mol. The molecule has 30 heavy (non-hydrogen) atoms. The smallest absolute Gasteiger partial charge is 0.410 e. The number of rotatable bonds is 4. The fraction of sp³-hybridized carbons (Fsp3) is 0.500. The van der Waals surface area contributed by atoms with Crippen LogP contribution in [0.25, 0.3) is 17.0 Å². The molecule has 6 nitrogen and oxygen atoms in total. The van der Waals surface area contributed by atoms with E-state index in [1.54, 1.807) is 11.9 Å². The summed E-state index contributed by atoms with van der Waals surface area (Å²) < 4.78 is 7.58. The van der Waals surface area contributed by atoms with Crippen LogP contribution in [0, 0.1) is 0 Å². The first kappa shape index (κ1) is 21.9. The Morgan fingerprint density at radius 2 is 1.93 bits per heavy atom. The molecule has 1 aromatic heterocycles. The van der Waals surface area contributed by atoms with Gasteiger partial charge in [-0.1, -0.05) is 24.8 Å². The van der Waals surface area contributed by atoms with Crippen LogP contribution < -0.4 is 0 Å². The van der Waals surface area contributed by atoms with Crippen LogP contribution in [0.2, 0.25) is 0 Å². The Morgan fingerprint density at radius 3 is 2.50 bits per heavy atom. The predicted molar refractivity (Wildman–Crippen MR) is 121 cm³/mol. The van der Waals surface area contributed by atoms with Crippen molar-refractivity contribution in [1.29, 1.82) is 0 Å². The highest BCUT2D eigenvalue weighted by Gasteiger charge is 2.31. The van der Waals surface area contributed by atoms with Gasteiger partial charge in [0.1, 0.15) is 5.60 Å². The number of carbonyl (C=O) groups excluding carboxylic acids is 2. The molecule has 0 atom stereocenters. The lowest BCUT2D eigenvalue weighted by Crippen LogP contribution is -2.48. The number of amides is 2. The van der Waals surface area contributed by atoms with E-state index in [1.807, 2.05) is 50.1 Å². The lowest BCUT2D eigenvalue weighted by atomic mass is 10.0. The zero-order valence-electron chi connectivity index (χ0n) is 18.8. The summed E-state index contributed by atoms with van der Waals surface area (Å²) in [6.45, 7) is 13.6. The molecule has 6 heteroatoms. The molecular weight excluding hydrogens is 378 g/mol. The maximum atomic E-state index is 13.3. The molecule has 1 aromatic carbocycles. The number of fused-ring (bicyclic) bond motifs is 1. The fourth-order valence-electron chi connectivity index (χ4n) is 3.98. The van der Waals surface area contributed by atoms with Crippen LogP contribution >= 0.6 is 0 Å². The van der Waals surface area contributed by atoms with Gasteiger partial charge in [-0.05, 0) is 52.2 Å². The average Bonchev–Trinajstić information content (AvgIpc) is 3.09. The topological polar surface area (TPSA) is 54.8 Å². The van der Waals surface area contributed by atoms with Crippen molar-refractivity contribution < 1.29 is 14.3 Å². The van der Waals surface area contributed by atoms with E-state index in [1.165, 1.54) is 0 Å². The van der Waals surface area contributed by atoms with Crippen LogP contribution in [-0.2, 0) is 11.3 Å². The fourth-order valence-corrected chi connectivity index (χ4v) is 3.98. The van der Waals surface area contributed by atoms with E-state index in [-0.39, 0.29) is 18.0 Å². The van der Waals surface area contributed by atoms with Crippen LogP contribution in [-0.4, -0.2) is 58.1 Å². The van der Waals surface area contributed by atoms with Crippen LogP contribution in [0.5, 0.6) is 0 Å². The van der Waals surface area contributed by atoms with Gasteiger partial charge < -0.3 is 19.1 Å². The van der Waals surface area contributed by atoms with E-state index in [0.29, 0.717) is 13.1 Å². The third-order valence-corrected chi connectivity index (χ3v) is 5.69. The van der Waals surface area contributed by atoms with Crippen molar-refractivity contribution in [3.63, 3.8) is 0 Å². The summed E-state index contributed by atoms with van der Waals surface area (Å²) in [5, 5.41) is 0.973. The Bertz CT molecular complexity index is 946. The summed E-state index contributed by atoms with van der Waals surface area (Å²) in [4.78, 5) is 29.2. The molecule has 0 bridgehead atoms. The molecule has 0 N–H and O–H groups in total. The first-order valence-corrected chi connectivity index (χ1v) is 10.6. The normalized spacial score (nSPS) is 15.3. The molecule has 3 rings (SSSR count). The highest BCUT2D eigenvalue weighted by Crippen LogP contribution is 2.26. The summed E-state index contributed by atoms with van der Waals surface area (Å²) >= 11 is 0. The molecule has 1 aliphatic rings. The number of hydrogen-bond acceptors (Lipinski definition) is 3. The van der Waals surface area contributed by atoms with Crippen molar-refractivity contribution in [2.24, 2.45) is 0 Å². The quantitative estimate of drug-likeness (QED) is 0.728. The minimum atomic E-state index is -0.513. The lowest BCUT2D eigenvalue weighted by Gasteiger charge is -2.37. The largest absolute Gasteiger partial charge is 0.444 e. The van der Waals surface area contributed by atoms with Gasteiger partial charge >= 0.3 is 6.09 Å². The maximum absolute atomic E-state index is 13.3. The molecule has 2 heterocycles. The van der Waals surface area contributed by atoms with Gasteiger partial charge in [-0.15, -0.1) is 0 Å². The second kappa shape index (κ2) is 8.54. The van der Waals surface area contributed by atoms with Crippen molar-refractivity contribution in [2.45, 2.75) is 58.7 Å². The highest BCUT2D eigenvalue weighted by molar-refractivity contribution is 6.07. The second-order valence-corrected chi connectivity index (χ2v) is 8.92. The summed E-state index contributed by atoms with van der Waals surface area (Å²) in [5.41, 5.74) is 2.32. The summed E-state index contributed by atoms with van der Waals surface area (Å²) in [7, 11) is 1.78. The van der Waals surface area contributed by atoms with Gasteiger partial charge in [0.25, 0.3) is 5.91 Å². The van der Waals surface area contributed by atoms with Crippen LogP contribution in [0.1, 0.15) is 56.5 Å². The molecule has 162 valence electrons. The molecule has 1 saturated heterocycles. The van der Waals surface area contributed by atoms with E-state index >= 15 is 0 Å². The SMILES string of the molecule is C=Cc1ccc2c(C(=O)N3CCC(N(C)C(=O)OC(C)(C)C)CC3)cn(CC)c2c1. The molecule has 0 saturated carbocycles. The Hall–Kier alpha value is -2.76. The van der Waals surface area contributed by atoms with Gasteiger partial charge in [-0.3, -0.25) is 4.79 Å². The first-order valence-electron chi connectivity index (χ1n) is 10.6. The number of likely N-dealkylation sites (tertiary alicyclic amines) is 1. The number of ether oxygens (including phenoxy) is 1. The average molecular weight is 412 g/mol. The van der Waals surface area contributed by atoms with Crippen molar-refractivity contribution in [3.8, 4) is 0 Å². The number of hydrogen-bond donors (Lipinski definition) is 0. The highest BCUT2D eigenvalue weighted by atomic mass is 16.6. The number of piperidine rings is 1. The standard InChI is InChI=1S/C24H33N3O3/c1-7-17-9-10-19-20(16-26(8-2)21(19)15-17)22(28)27-13-11-18(12-14-27)25(6)23(29)30-24(3,4)5/h7,9-10,15-16,18H,1,8,11-14H2,2-6H3. The number of carbonyl (C=O) groups is 2. The molecule has 0 unspecified atom stereocenters. The van der Waals surface area contributed by atoms with Crippen molar-refractivity contribution in [2.75, 3.05) is 20.1 Å². The zero-order chi connectivity index (χ0) is 22.1. The maximum Gasteiger partial charge on any atom is 0.410 e. The first-order chi connectivity index (χ1) is 14.1. The van der Waals surface area contributed by atoms with Gasteiger partial charge in [-0.2, -0.15) is 0 Å². The minimum Gasteiger partial charge on any atom is -0.444 e. The second-order valence-electron chi connectivity index (χ2n) is 8.92. The molecule has 0 spiro atoms. The minimum absolute atomic E-state index is 0.0527. The zero-order valence-corrected chi connectivity index (χ0v) is 18.8. The van der Waals surface area contributed by atoms with E-state index in [0.717, 1.165) is 41.4 Å². The van der Waals surface area contributed by atoms with E-state index in [2.05, 4.69) is 24.1 Å². The third kappa shape index (κ3) is 4.53. The molecule has 1 fully saturated rings. The molecule has 0 radical (unpaired) electrons. The number of aryl methyl sites for hydroxylation is 1. The summed E-state index contributed by atoms with van der Waals surface area (Å²) in [5.74, 6) is 0.0527. The summed E-state index contributed by atoms with van der Waals surface area (Å²) in [6, 6.07) is 6.16. The van der Waals surface area contributed by atoms with Gasteiger partial charge in [0, 0.05) is 49.8 Å². The molecule has 1 aliphatic heterocycles. The van der Waals surface area contributed by atoms with Crippen molar-refractivity contribution >= 4 is 29.0 Å². The molecular formula is C24H33N3O3. The van der Waals surface area contributed by atoms with Gasteiger partial charge in [0.05, 0.1) is 5.56 Å². The van der Waals surface area contributed by atoms with Crippen LogP contribution in [0.15, 0.2) is 31.0 Å². The van der Waals surface area contributed by atoms with Crippen LogP contribution in [0.4, 0.5) is 4.79 Å².